The van der Waals surface area contributed by atoms with E-state index in [-0.39, 0.29) is 0 Å². The Morgan fingerprint density at radius 2 is 1.78 bits per heavy atom. The molecule has 0 aliphatic rings. The van der Waals surface area contributed by atoms with Gasteiger partial charge in [0, 0.05) is 26.9 Å². The Hall–Kier alpha value is -0.120. The number of thioether (sulfide) groups is 1. The lowest BCUT2D eigenvalue weighted by atomic mass is 10.3. The van der Waals surface area contributed by atoms with E-state index in [0.717, 1.165) is 10.5 Å². The highest BCUT2D eigenvalue weighted by Crippen LogP contribution is 2.33. The van der Waals surface area contributed by atoms with Crippen molar-refractivity contribution < 1.29 is 0 Å². The summed E-state index contributed by atoms with van der Waals surface area (Å²) in [5, 5.41) is 2.31. The van der Waals surface area contributed by atoms with Crippen LogP contribution in [0.15, 0.2) is 35.4 Å². The summed E-state index contributed by atoms with van der Waals surface area (Å²) >= 11 is 25.4. The number of benzene rings is 1. The quantitative estimate of drug-likeness (QED) is 0.503. The van der Waals surface area contributed by atoms with Gasteiger partial charge in [-0.2, -0.15) is 0 Å². The summed E-state index contributed by atoms with van der Waals surface area (Å²) in [4.78, 5) is 4.91. The van der Waals surface area contributed by atoms with E-state index in [2.05, 4.69) is 4.98 Å². The lowest BCUT2D eigenvalue weighted by Gasteiger charge is -2.06. The van der Waals surface area contributed by atoms with Gasteiger partial charge >= 0.3 is 0 Å². The summed E-state index contributed by atoms with van der Waals surface area (Å²) in [6.07, 6.45) is 1.66. The van der Waals surface area contributed by atoms with Crippen molar-refractivity contribution in [2.45, 2.75) is 10.6 Å². The van der Waals surface area contributed by atoms with E-state index in [1.807, 2.05) is 6.07 Å². The maximum atomic E-state index is 6.08. The van der Waals surface area contributed by atoms with E-state index in [1.54, 1.807) is 36.2 Å². The zero-order valence-electron chi connectivity index (χ0n) is 8.96. The van der Waals surface area contributed by atoms with Gasteiger partial charge in [0.2, 0.25) is 0 Å². The minimum absolute atomic E-state index is 0.384. The van der Waals surface area contributed by atoms with Crippen molar-refractivity contribution >= 4 is 58.2 Å². The Kier molecular flexibility index (Phi) is 5.05. The Morgan fingerprint density at radius 3 is 2.50 bits per heavy atom. The molecule has 94 valence electrons. The van der Waals surface area contributed by atoms with Crippen molar-refractivity contribution in [3.63, 3.8) is 0 Å². The predicted octanol–water partition coefficient (Wildman–Crippen LogP) is 5.99. The molecule has 2 rings (SSSR count). The van der Waals surface area contributed by atoms with Crippen LogP contribution in [0.1, 0.15) is 5.56 Å². The van der Waals surface area contributed by atoms with Gasteiger partial charge in [-0.05, 0) is 29.8 Å². The molecule has 1 aromatic carbocycles. The minimum atomic E-state index is 0.384. The van der Waals surface area contributed by atoms with Crippen LogP contribution in [0.3, 0.4) is 0 Å². The first-order valence-corrected chi connectivity index (χ1v) is 7.44. The van der Waals surface area contributed by atoms with Crippen molar-refractivity contribution in [1.82, 2.24) is 4.98 Å². The molecule has 0 spiro atoms. The van der Waals surface area contributed by atoms with Crippen molar-refractivity contribution in [2.24, 2.45) is 0 Å². The average Bonchev–Trinajstić information content (AvgIpc) is 2.32. The molecule has 2 aromatic rings. The zero-order valence-corrected chi connectivity index (χ0v) is 12.8. The number of pyridine rings is 1. The Labute approximate surface area is 129 Å². The van der Waals surface area contributed by atoms with Gasteiger partial charge in [-0.3, -0.25) is 0 Å². The van der Waals surface area contributed by atoms with Gasteiger partial charge in [-0.15, -0.1) is 11.8 Å². The summed E-state index contributed by atoms with van der Waals surface area (Å²) in [5.74, 6) is 0.656. The number of hydrogen-bond donors (Lipinski definition) is 0. The summed E-state index contributed by atoms with van der Waals surface area (Å²) in [5.41, 5.74) is 0.905. The molecule has 1 aromatic heterocycles. The highest BCUT2D eigenvalue weighted by molar-refractivity contribution is 7.98. The largest absolute Gasteiger partial charge is 0.244 e. The molecular formula is C12H7Cl4NS. The third kappa shape index (κ3) is 3.69. The molecule has 0 saturated heterocycles. The van der Waals surface area contributed by atoms with Gasteiger partial charge in [0.05, 0.1) is 5.02 Å². The molecule has 0 N–H and O–H groups in total. The number of hydrogen-bond acceptors (Lipinski definition) is 2. The van der Waals surface area contributed by atoms with Crippen LogP contribution in [0.25, 0.3) is 0 Å². The maximum Gasteiger partial charge on any atom is 0.130 e. The number of nitrogens with zero attached hydrogens (tertiary/aromatic N) is 1. The minimum Gasteiger partial charge on any atom is -0.244 e. The predicted molar refractivity (Wildman–Crippen MR) is 80.3 cm³/mol. The lowest BCUT2D eigenvalue weighted by Crippen LogP contribution is -1.86. The summed E-state index contributed by atoms with van der Waals surface area (Å²) in [6.45, 7) is 0. The van der Waals surface area contributed by atoms with E-state index in [4.69, 9.17) is 46.4 Å². The molecule has 0 saturated carbocycles. The van der Waals surface area contributed by atoms with Crippen LogP contribution in [0.5, 0.6) is 0 Å². The third-order valence-corrected chi connectivity index (χ3v) is 4.51. The average molecular weight is 339 g/mol. The number of aromatic nitrogens is 1. The Balaban J connectivity index is 2.13. The van der Waals surface area contributed by atoms with Gasteiger partial charge in [0.1, 0.15) is 5.15 Å². The van der Waals surface area contributed by atoms with Gasteiger partial charge < -0.3 is 0 Å². The van der Waals surface area contributed by atoms with Gasteiger partial charge in [0.25, 0.3) is 0 Å². The lowest BCUT2D eigenvalue weighted by molar-refractivity contribution is 1.25. The molecule has 0 aliphatic heterocycles. The second-order valence-electron chi connectivity index (χ2n) is 3.46. The second-order valence-corrected chi connectivity index (χ2v) is 6.12. The fraction of sp³-hybridized carbons (Fsp3) is 0.0833. The van der Waals surface area contributed by atoms with Crippen LogP contribution in [0, 0.1) is 0 Å². The fourth-order valence-electron chi connectivity index (χ4n) is 1.29. The highest BCUT2D eigenvalue weighted by atomic mass is 35.5. The molecule has 0 atom stereocenters. The molecular weight excluding hydrogens is 332 g/mol. The van der Waals surface area contributed by atoms with Crippen LogP contribution < -0.4 is 0 Å². The van der Waals surface area contributed by atoms with Crippen LogP contribution in [0.2, 0.25) is 20.2 Å². The van der Waals surface area contributed by atoms with Crippen molar-refractivity contribution in [1.29, 1.82) is 0 Å². The standard InChI is InChI=1S/C12H7Cl4NS/c13-8-1-2-9(14)11(3-8)18-6-7-5-17-12(16)4-10(7)15/h1-5H,6H2. The molecule has 1 nitrogen and oxygen atoms in total. The molecule has 0 amide bonds. The van der Waals surface area contributed by atoms with Gasteiger partial charge in [0.15, 0.2) is 0 Å². The highest BCUT2D eigenvalue weighted by Gasteiger charge is 2.06. The van der Waals surface area contributed by atoms with Crippen molar-refractivity contribution in [2.75, 3.05) is 0 Å². The number of rotatable bonds is 3. The molecule has 0 unspecified atom stereocenters. The van der Waals surface area contributed by atoms with Crippen molar-refractivity contribution in [3.8, 4) is 0 Å². The molecule has 0 bridgehead atoms. The zero-order chi connectivity index (χ0) is 13.1. The van der Waals surface area contributed by atoms with E-state index >= 15 is 0 Å². The van der Waals surface area contributed by atoms with Crippen LogP contribution in [-0.2, 0) is 5.75 Å². The van der Waals surface area contributed by atoms with E-state index < -0.39 is 0 Å². The maximum absolute atomic E-state index is 6.08. The normalized spacial score (nSPS) is 10.7. The molecule has 1 heterocycles. The first-order valence-electron chi connectivity index (χ1n) is 4.94. The van der Waals surface area contributed by atoms with E-state index in [9.17, 15) is 0 Å². The smallest absolute Gasteiger partial charge is 0.130 e. The van der Waals surface area contributed by atoms with Gasteiger partial charge in [-0.25, -0.2) is 4.98 Å². The Morgan fingerprint density at radius 1 is 1.00 bits per heavy atom. The molecule has 6 heteroatoms. The van der Waals surface area contributed by atoms with Crippen LogP contribution in [-0.4, -0.2) is 4.98 Å². The second kappa shape index (κ2) is 6.36. The fourth-order valence-corrected chi connectivity index (χ4v) is 3.27. The van der Waals surface area contributed by atoms with Crippen LogP contribution in [0.4, 0.5) is 0 Å². The summed E-state index contributed by atoms with van der Waals surface area (Å²) in [6, 6.07) is 6.98. The van der Waals surface area contributed by atoms with Crippen molar-refractivity contribution in [3.05, 3.63) is 56.2 Å². The van der Waals surface area contributed by atoms with E-state index in [1.165, 1.54) is 0 Å². The first-order chi connectivity index (χ1) is 8.56. The molecule has 0 aliphatic carbocycles. The first kappa shape index (κ1) is 14.3. The number of halogens is 4. The Bertz CT molecular complexity index is 574. The SMILES string of the molecule is Clc1ccc(Cl)c(SCc2cnc(Cl)cc2Cl)c1. The third-order valence-electron chi connectivity index (χ3n) is 2.17. The monoisotopic (exact) mass is 337 g/mol. The molecule has 0 radical (unpaired) electrons. The van der Waals surface area contributed by atoms with E-state index in [0.29, 0.717) is 26.0 Å². The molecule has 0 fully saturated rings. The van der Waals surface area contributed by atoms with Gasteiger partial charge in [-0.1, -0.05) is 46.4 Å². The summed E-state index contributed by atoms with van der Waals surface area (Å²) < 4.78 is 0. The van der Waals surface area contributed by atoms with Crippen LogP contribution >= 0.6 is 58.2 Å². The summed E-state index contributed by atoms with van der Waals surface area (Å²) in [7, 11) is 0. The topological polar surface area (TPSA) is 12.9 Å². The molecule has 18 heavy (non-hydrogen) atoms.